The average molecular weight is 460 g/mol. The van der Waals surface area contributed by atoms with Crippen molar-refractivity contribution >= 4 is 34.5 Å². The summed E-state index contributed by atoms with van der Waals surface area (Å²) in [5.41, 5.74) is 5.35. The summed E-state index contributed by atoms with van der Waals surface area (Å²) in [6.45, 7) is 0.943. The lowest BCUT2D eigenvalue weighted by Gasteiger charge is -2.16. The molecule has 1 heterocycles. The third-order valence-corrected chi connectivity index (χ3v) is 5.65. The number of rotatable bonds is 8. The lowest BCUT2D eigenvalue weighted by molar-refractivity contribution is -0.136. The van der Waals surface area contributed by atoms with Crippen LogP contribution in [-0.2, 0) is 22.4 Å². The van der Waals surface area contributed by atoms with Crippen molar-refractivity contribution in [3.05, 3.63) is 94.8 Å². The number of carboxylic acid groups (broad SMARTS) is 1. The Morgan fingerprint density at radius 2 is 1.68 bits per heavy atom. The molecule has 0 radical (unpaired) electrons. The Morgan fingerprint density at radius 1 is 1.00 bits per heavy atom. The fourth-order valence-corrected chi connectivity index (χ4v) is 3.89. The molecular formula is C27H26FN3O3. The first-order valence-electron chi connectivity index (χ1n) is 11.0. The van der Waals surface area contributed by atoms with Crippen LogP contribution in [0.4, 0.5) is 15.8 Å². The molecule has 1 amide bonds. The Hall–Kier alpha value is -3.97. The van der Waals surface area contributed by atoms with Gasteiger partial charge in [0.25, 0.3) is 5.91 Å². The number of aliphatic carboxylic acids is 1. The molecule has 0 fully saturated rings. The van der Waals surface area contributed by atoms with Crippen molar-refractivity contribution in [1.29, 1.82) is 0 Å². The minimum absolute atomic E-state index is 0.0867. The zero-order valence-corrected chi connectivity index (χ0v) is 19.1. The summed E-state index contributed by atoms with van der Waals surface area (Å²) in [7, 11) is 4.07. The van der Waals surface area contributed by atoms with Gasteiger partial charge in [-0.05, 0) is 67.5 Å². The van der Waals surface area contributed by atoms with Gasteiger partial charge in [-0.25, -0.2) is 4.39 Å². The summed E-state index contributed by atoms with van der Waals surface area (Å²) in [4.78, 5) is 26.1. The maximum atomic E-state index is 13.8. The smallest absolute Gasteiger partial charge is 0.307 e. The molecule has 34 heavy (non-hydrogen) atoms. The molecule has 0 saturated heterocycles. The van der Waals surface area contributed by atoms with Gasteiger partial charge in [0.1, 0.15) is 5.82 Å². The fraction of sp³-hybridized carbons (Fsp3) is 0.185. The standard InChI is InChI=1S/C27H26FN3O3/c1-31(2)14-13-17-5-10-21(11-6-17)29-26(19-7-3-18(4-8-19)15-24(32)33)25-22-12-9-20(28)16-23(22)30-27(25)34/h3-12,16,29H,13-15H2,1-2H3,(H,30,34)(H,32,33). The van der Waals surface area contributed by atoms with Gasteiger partial charge in [0.05, 0.1) is 23.4 Å². The Labute approximate surface area is 197 Å². The SMILES string of the molecule is CN(C)CCc1ccc(NC(=C2C(=O)Nc3cc(F)ccc32)c2ccc(CC(=O)O)cc2)cc1. The number of halogens is 1. The van der Waals surface area contributed by atoms with Crippen LogP contribution in [0.2, 0.25) is 0 Å². The zero-order valence-electron chi connectivity index (χ0n) is 19.1. The molecule has 0 atom stereocenters. The van der Waals surface area contributed by atoms with Crippen molar-refractivity contribution < 1.29 is 19.1 Å². The topological polar surface area (TPSA) is 81.7 Å². The van der Waals surface area contributed by atoms with E-state index in [1.807, 2.05) is 38.4 Å². The van der Waals surface area contributed by atoms with E-state index >= 15 is 0 Å². The monoisotopic (exact) mass is 459 g/mol. The number of anilines is 2. The number of hydrogen-bond donors (Lipinski definition) is 3. The molecule has 0 aliphatic carbocycles. The first kappa shape index (κ1) is 23.2. The van der Waals surface area contributed by atoms with E-state index in [0.29, 0.717) is 33.6 Å². The number of fused-ring (bicyclic) bond motifs is 1. The summed E-state index contributed by atoms with van der Waals surface area (Å²) >= 11 is 0. The van der Waals surface area contributed by atoms with Crippen molar-refractivity contribution in [2.75, 3.05) is 31.3 Å². The molecule has 1 aliphatic rings. The fourth-order valence-electron chi connectivity index (χ4n) is 3.89. The molecule has 174 valence electrons. The first-order chi connectivity index (χ1) is 16.3. The van der Waals surface area contributed by atoms with E-state index in [2.05, 4.69) is 15.5 Å². The predicted octanol–water partition coefficient (Wildman–Crippen LogP) is 4.49. The third-order valence-electron chi connectivity index (χ3n) is 5.65. The number of benzene rings is 3. The Balaban J connectivity index is 1.73. The lowest BCUT2D eigenvalue weighted by Crippen LogP contribution is -2.15. The lowest BCUT2D eigenvalue weighted by atomic mass is 9.98. The molecule has 0 bridgehead atoms. The number of carbonyl (C=O) groups is 2. The summed E-state index contributed by atoms with van der Waals surface area (Å²) in [6, 6.07) is 19.3. The highest BCUT2D eigenvalue weighted by atomic mass is 19.1. The van der Waals surface area contributed by atoms with E-state index in [0.717, 1.165) is 18.7 Å². The molecule has 0 saturated carbocycles. The number of likely N-dealkylation sites (N-methyl/N-ethyl adjacent to an activating group) is 1. The summed E-state index contributed by atoms with van der Waals surface area (Å²) in [5, 5.41) is 15.2. The number of carboxylic acids is 1. The third kappa shape index (κ3) is 5.32. The van der Waals surface area contributed by atoms with Gasteiger partial charge in [-0.15, -0.1) is 0 Å². The summed E-state index contributed by atoms with van der Waals surface area (Å²) < 4.78 is 13.8. The maximum absolute atomic E-state index is 13.8. The normalized spacial score (nSPS) is 14.1. The van der Waals surface area contributed by atoms with Crippen LogP contribution in [0.25, 0.3) is 11.3 Å². The molecule has 0 aromatic heterocycles. The highest BCUT2D eigenvalue weighted by Gasteiger charge is 2.28. The van der Waals surface area contributed by atoms with E-state index in [1.165, 1.54) is 17.7 Å². The highest BCUT2D eigenvalue weighted by molar-refractivity contribution is 6.37. The van der Waals surface area contributed by atoms with Gasteiger partial charge in [-0.3, -0.25) is 9.59 Å². The van der Waals surface area contributed by atoms with Crippen molar-refractivity contribution in [2.45, 2.75) is 12.8 Å². The highest BCUT2D eigenvalue weighted by Crippen LogP contribution is 2.38. The van der Waals surface area contributed by atoms with Gasteiger partial charge in [-0.2, -0.15) is 0 Å². The summed E-state index contributed by atoms with van der Waals surface area (Å²) in [6.07, 6.45) is 0.838. The van der Waals surface area contributed by atoms with Gasteiger partial charge >= 0.3 is 5.97 Å². The van der Waals surface area contributed by atoms with Crippen LogP contribution in [0.15, 0.2) is 66.7 Å². The summed E-state index contributed by atoms with van der Waals surface area (Å²) in [5.74, 6) is -1.67. The predicted molar refractivity (Wildman–Crippen MR) is 132 cm³/mol. The second kappa shape index (κ2) is 9.89. The van der Waals surface area contributed by atoms with Crippen LogP contribution >= 0.6 is 0 Å². The number of carbonyl (C=O) groups excluding carboxylic acids is 1. The quantitative estimate of drug-likeness (QED) is 0.433. The maximum Gasteiger partial charge on any atom is 0.307 e. The molecule has 7 heteroatoms. The van der Waals surface area contributed by atoms with Gasteiger partial charge in [0.2, 0.25) is 0 Å². The molecule has 0 unspecified atom stereocenters. The van der Waals surface area contributed by atoms with Crippen LogP contribution in [-0.4, -0.2) is 42.5 Å². The van der Waals surface area contributed by atoms with Crippen molar-refractivity contribution in [3.63, 3.8) is 0 Å². The Kier molecular flexibility index (Phi) is 6.75. The molecule has 1 aliphatic heterocycles. The van der Waals surface area contributed by atoms with E-state index < -0.39 is 11.8 Å². The minimum atomic E-state index is -0.912. The van der Waals surface area contributed by atoms with Gasteiger partial charge < -0.3 is 20.6 Å². The van der Waals surface area contributed by atoms with Crippen LogP contribution in [0, 0.1) is 5.82 Å². The van der Waals surface area contributed by atoms with E-state index in [-0.39, 0.29) is 12.3 Å². The molecule has 0 spiro atoms. The molecule has 3 aromatic carbocycles. The van der Waals surface area contributed by atoms with Crippen LogP contribution in [0.3, 0.4) is 0 Å². The average Bonchev–Trinajstić information content (AvgIpc) is 3.11. The van der Waals surface area contributed by atoms with Crippen molar-refractivity contribution in [3.8, 4) is 0 Å². The molecule has 4 rings (SSSR count). The van der Waals surface area contributed by atoms with Gasteiger partial charge in [0, 0.05) is 17.8 Å². The molecule has 3 aromatic rings. The molecular weight excluding hydrogens is 433 g/mol. The first-order valence-corrected chi connectivity index (χ1v) is 11.0. The molecule has 3 N–H and O–H groups in total. The van der Waals surface area contributed by atoms with E-state index in [4.69, 9.17) is 5.11 Å². The molecule has 6 nitrogen and oxygen atoms in total. The van der Waals surface area contributed by atoms with Crippen molar-refractivity contribution in [1.82, 2.24) is 4.90 Å². The number of hydrogen-bond acceptors (Lipinski definition) is 4. The number of nitrogens with one attached hydrogen (secondary N) is 2. The Morgan fingerprint density at radius 3 is 2.32 bits per heavy atom. The second-order valence-electron chi connectivity index (χ2n) is 8.54. The minimum Gasteiger partial charge on any atom is -0.481 e. The number of amides is 1. The van der Waals surface area contributed by atoms with E-state index in [9.17, 15) is 14.0 Å². The van der Waals surface area contributed by atoms with Crippen molar-refractivity contribution in [2.24, 2.45) is 0 Å². The van der Waals surface area contributed by atoms with Gasteiger partial charge in [-0.1, -0.05) is 36.4 Å². The van der Waals surface area contributed by atoms with Crippen LogP contribution in [0.1, 0.15) is 22.3 Å². The van der Waals surface area contributed by atoms with Crippen LogP contribution < -0.4 is 10.6 Å². The van der Waals surface area contributed by atoms with Crippen LogP contribution in [0.5, 0.6) is 0 Å². The second-order valence-corrected chi connectivity index (χ2v) is 8.54. The zero-order chi connectivity index (χ0) is 24.2. The largest absolute Gasteiger partial charge is 0.481 e. The van der Waals surface area contributed by atoms with E-state index in [1.54, 1.807) is 30.3 Å². The van der Waals surface area contributed by atoms with Gasteiger partial charge in [0.15, 0.2) is 0 Å². The number of nitrogens with zero attached hydrogens (tertiary/aromatic N) is 1. The Bertz CT molecular complexity index is 1250.